The molecule has 56 valence electrons. The summed E-state index contributed by atoms with van der Waals surface area (Å²) in [5.74, 6) is 0. The van der Waals surface area contributed by atoms with Crippen molar-refractivity contribution < 1.29 is 4.74 Å². The number of rotatable bonds is 1. The van der Waals surface area contributed by atoms with Crippen molar-refractivity contribution >= 4 is 15.9 Å². The van der Waals surface area contributed by atoms with Gasteiger partial charge < -0.3 is 4.74 Å². The molecule has 0 amide bonds. The van der Waals surface area contributed by atoms with Crippen molar-refractivity contribution in [2.24, 2.45) is 5.41 Å². The van der Waals surface area contributed by atoms with Gasteiger partial charge in [0.1, 0.15) is 0 Å². The predicted molar refractivity (Wildman–Crippen MR) is 41.9 cm³/mol. The van der Waals surface area contributed by atoms with Crippen LogP contribution < -0.4 is 0 Å². The molecule has 0 aromatic heterocycles. The first kappa shape index (κ1) is 8.03. The lowest BCUT2D eigenvalue weighted by molar-refractivity contribution is 0.0501. The van der Waals surface area contributed by atoms with Crippen LogP contribution in [0.5, 0.6) is 0 Å². The Morgan fingerprint density at radius 2 is 2.10 bits per heavy atom. The highest BCUT2D eigenvalue weighted by Crippen LogP contribution is 2.31. The lowest BCUT2D eigenvalue weighted by atomic mass is 9.84. The SMILES string of the molecule is N#CC1(CBr)CCOCC1. The van der Waals surface area contributed by atoms with Crippen LogP contribution in [0.3, 0.4) is 0 Å². The summed E-state index contributed by atoms with van der Waals surface area (Å²) in [4.78, 5) is 0. The maximum atomic E-state index is 8.81. The molecule has 10 heavy (non-hydrogen) atoms. The van der Waals surface area contributed by atoms with E-state index >= 15 is 0 Å². The summed E-state index contributed by atoms with van der Waals surface area (Å²) in [7, 11) is 0. The molecule has 0 spiro atoms. The number of nitriles is 1. The summed E-state index contributed by atoms with van der Waals surface area (Å²) in [5.41, 5.74) is -0.141. The summed E-state index contributed by atoms with van der Waals surface area (Å²) in [5, 5.41) is 9.58. The van der Waals surface area contributed by atoms with Crippen LogP contribution in [0, 0.1) is 16.7 Å². The van der Waals surface area contributed by atoms with Gasteiger partial charge in [-0.05, 0) is 12.8 Å². The van der Waals surface area contributed by atoms with E-state index in [4.69, 9.17) is 10.00 Å². The molecule has 0 bridgehead atoms. The number of alkyl halides is 1. The Bertz CT molecular complexity index is 146. The van der Waals surface area contributed by atoms with Gasteiger partial charge in [-0.15, -0.1) is 0 Å². The third-order valence-corrected chi connectivity index (χ3v) is 3.02. The monoisotopic (exact) mass is 203 g/mol. The van der Waals surface area contributed by atoms with Crippen molar-refractivity contribution in [1.82, 2.24) is 0 Å². The molecule has 0 radical (unpaired) electrons. The van der Waals surface area contributed by atoms with Crippen molar-refractivity contribution in [3.63, 3.8) is 0 Å². The van der Waals surface area contributed by atoms with Gasteiger partial charge in [0.05, 0.1) is 11.5 Å². The number of halogens is 1. The van der Waals surface area contributed by atoms with Crippen LogP contribution in [0.4, 0.5) is 0 Å². The molecule has 0 saturated carbocycles. The van der Waals surface area contributed by atoms with E-state index in [0.29, 0.717) is 0 Å². The van der Waals surface area contributed by atoms with Crippen LogP contribution >= 0.6 is 15.9 Å². The Kier molecular flexibility index (Phi) is 2.70. The third-order valence-electron chi connectivity index (χ3n) is 1.94. The first-order chi connectivity index (χ1) is 4.83. The van der Waals surface area contributed by atoms with Gasteiger partial charge in [0.25, 0.3) is 0 Å². The van der Waals surface area contributed by atoms with E-state index < -0.39 is 0 Å². The molecule has 1 aliphatic heterocycles. The zero-order valence-electron chi connectivity index (χ0n) is 5.77. The fraction of sp³-hybridized carbons (Fsp3) is 0.857. The first-order valence-corrected chi connectivity index (χ1v) is 4.50. The van der Waals surface area contributed by atoms with E-state index in [2.05, 4.69) is 22.0 Å². The van der Waals surface area contributed by atoms with E-state index in [1.165, 1.54) is 0 Å². The zero-order chi connectivity index (χ0) is 7.45. The number of hydrogen-bond donors (Lipinski definition) is 0. The molecular weight excluding hydrogens is 194 g/mol. The Morgan fingerprint density at radius 1 is 1.50 bits per heavy atom. The van der Waals surface area contributed by atoms with Gasteiger partial charge in [-0.2, -0.15) is 5.26 Å². The minimum absolute atomic E-state index is 0.141. The molecule has 2 nitrogen and oxygen atoms in total. The molecule has 0 N–H and O–H groups in total. The van der Waals surface area contributed by atoms with Crippen LogP contribution in [0.1, 0.15) is 12.8 Å². The van der Waals surface area contributed by atoms with Gasteiger partial charge in [0.2, 0.25) is 0 Å². The minimum Gasteiger partial charge on any atom is -0.381 e. The summed E-state index contributed by atoms with van der Waals surface area (Å²) in [6.07, 6.45) is 1.74. The van der Waals surface area contributed by atoms with E-state index in [1.54, 1.807) is 0 Å². The second-order valence-corrected chi connectivity index (χ2v) is 3.20. The molecule has 0 aromatic carbocycles. The Morgan fingerprint density at radius 3 is 2.40 bits per heavy atom. The number of nitrogens with zero attached hydrogens (tertiary/aromatic N) is 1. The molecule has 1 aliphatic rings. The molecule has 0 aromatic rings. The van der Waals surface area contributed by atoms with Gasteiger partial charge in [0.15, 0.2) is 0 Å². The second-order valence-electron chi connectivity index (χ2n) is 2.64. The molecule has 0 aliphatic carbocycles. The average molecular weight is 204 g/mol. The maximum absolute atomic E-state index is 8.81. The summed E-state index contributed by atoms with van der Waals surface area (Å²) >= 11 is 3.35. The van der Waals surface area contributed by atoms with E-state index in [1.807, 2.05) is 0 Å². The highest BCUT2D eigenvalue weighted by molar-refractivity contribution is 9.09. The third kappa shape index (κ3) is 1.50. The highest BCUT2D eigenvalue weighted by atomic mass is 79.9. The van der Waals surface area contributed by atoms with Crippen molar-refractivity contribution in [2.75, 3.05) is 18.5 Å². The van der Waals surface area contributed by atoms with Crippen LogP contribution in [-0.2, 0) is 4.74 Å². The molecule has 1 saturated heterocycles. The second kappa shape index (κ2) is 3.36. The molecule has 0 unspecified atom stereocenters. The molecule has 0 atom stereocenters. The van der Waals surface area contributed by atoms with E-state index in [0.717, 1.165) is 31.4 Å². The van der Waals surface area contributed by atoms with E-state index in [9.17, 15) is 0 Å². The van der Waals surface area contributed by atoms with Crippen LogP contribution in [-0.4, -0.2) is 18.5 Å². The normalized spacial score (nSPS) is 23.6. The van der Waals surface area contributed by atoms with E-state index in [-0.39, 0.29) is 5.41 Å². The molecule has 1 fully saturated rings. The van der Waals surface area contributed by atoms with Crippen LogP contribution in [0.25, 0.3) is 0 Å². The van der Waals surface area contributed by atoms with Gasteiger partial charge in [0, 0.05) is 18.5 Å². The van der Waals surface area contributed by atoms with Gasteiger partial charge >= 0.3 is 0 Å². The maximum Gasteiger partial charge on any atom is 0.0714 e. The minimum atomic E-state index is -0.141. The van der Waals surface area contributed by atoms with Crippen LogP contribution in [0.15, 0.2) is 0 Å². The standard InChI is InChI=1S/C7H10BrNO/c8-5-7(6-9)1-3-10-4-2-7/h1-5H2. The van der Waals surface area contributed by atoms with Gasteiger partial charge in [-0.1, -0.05) is 15.9 Å². The smallest absolute Gasteiger partial charge is 0.0714 e. The zero-order valence-corrected chi connectivity index (χ0v) is 7.35. The van der Waals surface area contributed by atoms with Crippen molar-refractivity contribution in [2.45, 2.75) is 12.8 Å². The molecular formula is C7H10BrNO. The van der Waals surface area contributed by atoms with Crippen LogP contribution in [0.2, 0.25) is 0 Å². The highest BCUT2D eigenvalue weighted by Gasteiger charge is 2.31. The van der Waals surface area contributed by atoms with Crippen molar-refractivity contribution in [3.8, 4) is 6.07 Å². The fourth-order valence-electron chi connectivity index (χ4n) is 1.04. The number of ether oxygens (including phenoxy) is 1. The molecule has 3 heteroatoms. The average Bonchev–Trinajstić information content (AvgIpc) is 2.06. The summed E-state index contributed by atoms with van der Waals surface area (Å²) in [6, 6.07) is 2.34. The quantitative estimate of drug-likeness (QED) is 0.609. The first-order valence-electron chi connectivity index (χ1n) is 3.38. The Hall–Kier alpha value is -0.0700. The topological polar surface area (TPSA) is 33.0 Å². The molecule has 1 heterocycles. The fourth-order valence-corrected chi connectivity index (χ4v) is 1.72. The predicted octanol–water partition coefficient (Wildman–Crippen LogP) is 1.70. The number of hydrogen-bond acceptors (Lipinski definition) is 2. The lowest BCUT2D eigenvalue weighted by Gasteiger charge is -2.28. The summed E-state index contributed by atoms with van der Waals surface area (Å²) in [6.45, 7) is 1.47. The lowest BCUT2D eigenvalue weighted by Crippen LogP contribution is -2.29. The van der Waals surface area contributed by atoms with Gasteiger partial charge in [-0.25, -0.2) is 0 Å². The Labute approximate surface area is 69.3 Å². The van der Waals surface area contributed by atoms with Crippen molar-refractivity contribution in [3.05, 3.63) is 0 Å². The Balaban J connectivity index is 2.55. The largest absolute Gasteiger partial charge is 0.381 e. The van der Waals surface area contributed by atoms with Crippen molar-refractivity contribution in [1.29, 1.82) is 5.26 Å². The summed E-state index contributed by atoms with van der Waals surface area (Å²) < 4.78 is 5.16. The molecule has 1 rings (SSSR count). The van der Waals surface area contributed by atoms with Gasteiger partial charge in [-0.3, -0.25) is 0 Å².